The van der Waals surface area contributed by atoms with Crippen molar-refractivity contribution >= 4 is 39.1 Å². The number of Topliss-reactive ketones (excluding diaryl/α,β-unsaturated/α-hetero) is 1. The summed E-state index contributed by atoms with van der Waals surface area (Å²) in [5, 5.41) is 8.05. The number of aromatic nitrogens is 3. The van der Waals surface area contributed by atoms with Crippen LogP contribution in [0.5, 0.6) is 5.75 Å². The average molecular weight is 435 g/mol. The number of anilines is 1. The van der Waals surface area contributed by atoms with Crippen molar-refractivity contribution in [3.05, 3.63) is 65.9 Å². The number of hydrogen-bond acceptors (Lipinski definition) is 6. The molecule has 1 N–H and O–H groups in total. The van der Waals surface area contributed by atoms with E-state index in [2.05, 4.69) is 15.4 Å². The van der Waals surface area contributed by atoms with E-state index in [4.69, 9.17) is 4.74 Å². The van der Waals surface area contributed by atoms with Crippen LogP contribution in [-0.2, 0) is 4.79 Å². The Hall–Kier alpha value is -3.52. The van der Waals surface area contributed by atoms with Crippen molar-refractivity contribution in [1.29, 1.82) is 0 Å². The molecule has 0 unspecified atom stereocenters. The zero-order chi connectivity index (χ0) is 21.8. The molecule has 31 heavy (non-hydrogen) atoms. The highest BCUT2D eigenvalue weighted by molar-refractivity contribution is 7.20. The lowest BCUT2D eigenvalue weighted by Gasteiger charge is -2.06. The minimum absolute atomic E-state index is 0.0409. The number of ketones is 1. The Kier molecular flexibility index (Phi) is 6.08. The number of benzene rings is 2. The van der Waals surface area contributed by atoms with Crippen molar-refractivity contribution in [2.45, 2.75) is 26.2 Å². The predicted octanol–water partition coefficient (Wildman–Crippen LogP) is 4.79. The second-order valence-corrected chi connectivity index (χ2v) is 8.11. The van der Waals surface area contributed by atoms with E-state index in [0.29, 0.717) is 29.4 Å². The Morgan fingerprint density at radius 3 is 2.68 bits per heavy atom. The lowest BCUT2D eigenvalue weighted by molar-refractivity contribution is -0.116. The highest BCUT2D eigenvalue weighted by Gasteiger charge is 2.15. The summed E-state index contributed by atoms with van der Waals surface area (Å²) in [6.07, 6.45) is 1.06. The molecular weight excluding hydrogens is 412 g/mol. The minimum Gasteiger partial charge on any atom is -0.497 e. The molecule has 4 aromatic rings. The van der Waals surface area contributed by atoms with E-state index >= 15 is 0 Å². The molecule has 2 aromatic carbocycles. The van der Waals surface area contributed by atoms with E-state index in [0.717, 1.165) is 21.7 Å². The van der Waals surface area contributed by atoms with Crippen LogP contribution in [0.2, 0.25) is 0 Å². The van der Waals surface area contributed by atoms with Gasteiger partial charge in [0, 0.05) is 24.5 Å². The summed E-state index contributed by atoms with van der Waals surface area (Å²) in [5.41, 5.74) is 2.28. The van der Waals surface area contributed by atoms with Gasteiger partial charge in [-0.05, 0) is 31.5 Å². The molecule has 7 nitrogen and oxygen atoms in total. The molecule has 0 aliphatic heterocycles. The summed E-state index contributed by atoms with van der Waals surface area (Å²) in [5.74, 6) is 1.20. The van der Waals surface area contributed by atoms with Crippen LogP contribution in [0, 0.1) is 6.92 Å². The third-order valence-corrected chi connectivity index (χ3v) is 5.76. The van der Waals surface area contributed by atoms with E-state index < -0.39 is 0 Å². The van der Waals surface area contributed by atoms with Crippen LogP contribution in [0.4, 0.5) is 5.82 Å². The first-order chi connectivity index (χ1) is 15.0. The molecule has 158 valence electrons. The van der Waals surface area contributed by atoms with E-state index in [1.54, 1.807) is 30.0 Å². The third-order valence-electron chi connectivity index (χ3n) is 4.77. The molecular formula is C23H22N4O3S. The SMILES string of the molecule is COc1ccc2nc(-n3nc(C)cc3NC(=O)CCCC(=O)c3ccccc3)sc2c1. The predicted molar refractivity (Wildman–Crippen MR) is 121 cm³/mol. The summed E-state index contributed by atoms with van der Waals surface area (Å²) >= 11 is 1.47. The number of fused-ring (bicyclic) bond motifs is 1. The van der Waals surface area contributed by atoms with Gasteiger partial charge in [0.25, 0.3) is 0 Å². The molecule has 0 radical (unpaired) electrons. The Balaban J connectivity index is 1.42. The van der Waals surface area contributed by atoms with Gasteiger partial charge in [-0.25, -0.2) is 4.98 Å². The number of hydrogen-bond donors (Lipinski definition) is 1. The Labute approximate surface area is 183 Å². The van der Waals surface area contributed by atoms with Crippen molar-refractivity contribution < 1.29 is 14.3 Å². The van der Waals surface area contributed by atoms with Gasteiger partial charge in [-0.2, -0.15) is 9.78 Å². The van der Waals surface area contributed by atoms with Crippen molar-refractivity contribution in [2.75, 3.05) is 12.4 Å². The smallest absolute Gasteiger partial charge is 0.225 e. The van der Waals surface area contributed by atoms with E-state index in [9.17, 15) is 9.59 Å². The maximum absolute atomic E-state index is 12.5. The normalized spacial score (nSPS) is 10.9. The molecule has 0 bridgehead atoms. The van der Waals surface area contributed by atoms with E-state index in [1.807, 2.05) is 43.3 Å². The standard InChI is InChI=1S/C23H22N4O3S/c1-15-13-21(25-22(29)10-6-9-19(28)16-7-4-3-5-8-16)27(26-15)23-24-18-12-11-17(30-2)14-20(18)31-23/h3-5,7-8,11-14H,6,9-10H2,1-2H3,(H,25,29). The number of amides is 1. The van der Waals surface area contributed by atoms with Crippen LogP contribution in [0.15, 0.2) is 54.6 Å². The lowest BCUT2D eigenvalue weighted by atomic mass is 10.1. The molecule has 0 atom stereocenters. The van der Waals surface area contributed by atoms with Gasteiger partial charge in [-0.3, -0.25) is 9.59 Å². The first-order valence-electron chi connectivity index (χ1n) is 9.93. The molecule has 4 rings (SSSR count). The van der Waals surface area contributed by atoms with Crippen LogP contribution < -0.4 is 10.1 Å². The van der Waals surface area contributed by atoms with Gasteiger partial charge in [0.2, 0.25) is 11.0 Å². The fraction of sp³-hybridized carbons (Fsp3) is 0.217. The van der Waals surface area contributed by atoms with Gasteiger partial charge in [-0.1, -0.05) is 41.7 Å². The zero-order valence-electron chi connectivity index (χ0n) is 17.3. The van der Waals surface area contributed by atoms with Crippen molar-refractivity contribution in [3.8, 4) is 10.9 Å². The van der Waals surface area contributed by atoms with Crippen molar-refractivity contribution in [2.24, 2.45) is 0 Å². The molecule has 2 aromatic heterocycles. The summed E-state index contributed by atoms with van der Waals surface area (Å²) < 4.78 is 7.89. The maximum Gasteiger partial charge on any atom is 0.225 e. The summed E-state index contributed by atoms with van der Waals surface area (Å²) in [7, 11) is 1.63. The van der Waals surface area contributed by atoms with Crippen LogP contribution in [0.25, 0.3) is 15.3 Å². The molecule has 0 spiro atoms. The molecule has 2 heterocycles. The number of nitrogens with one attached hydrogen (secondary N) is 1. The third kappa shape index (κ3) is 4.80. The number of carbonyl (C=O) groups excluding carboxylic acids is 2. The number of nitrogens with zero attached hydrogens (tertiary/aromatic N) is 3. The number of carbonyl (C=O) groups is 2. The second-order valence-electron chi connectivity index (χ2n) is 7.10. The van der Waals surface area contributed by atoms with Crippen LogP contribution >= 0.6 is 11.3 Å². The van der Waals surface area contributed by atoms with Gasteiger partial charge >= 0.3 is 0 Å². The Bertz CT molecular complexity index is 1230. The largest absolute Gasteiger partial charge is 0.497 e. The van der Waals surface area contributed by atoms with Crippen molar-refractivity contribution in [1.82, 2.24) is 14.8 Å². The van der Waals surface area contributed by atoms with Crippen LogP contribution in [0.3, 0.4) is 0 Å². The van der Waals surface area contributed by atoms with Gasteiger partial charge in [0.1, 0.15) is 11.6 Å². The number of methoxy groups -OCH3 is 1. The molecule has 0 saturated heterocycles. The number of aryl methyl sites for hydroxylation is 1. The second kappa shape index (κ2) is 9.09. The lowest BCUT2D eigenvalue weighted by Crippen LogP contribution is -2.15. The van der Waals surface area contributed by atoms with Gasteiger partial charge in [-0.15, -0.1) is 0 Å². The summed E-state index contributed by atoms with van der Waals surface area (Å²) in [4.78, 5) is 29.3. The van der Waals surface area contributed by atoms with Crippen LogP contribution in [0.1, 0.15) is 35.3 Å². The molecule has 0 fully saturated rings. The van der Waals surface area contributed by atoms with Crippen LogP contribution in [-0.4, -0.2) is 33.6 Å². The Morgan fingerprint density at radius 2 is 1.90 bits per heavy atom. The summed E-state index contributed by atoms with van der Waals surface area (Å²) in [6.45, 7) is 1.86. The summed E-state index contributed by atoms with van der Waals surface area (Å²) in [6, 6.07) is 16.6. The van der Waals surface area contributed by atoms with Crippen molar-refractivity contribution in [3.63, 3.8) is 0 Å². The first kappa shape index (κ1) is 20.7. The van der Waals surface area contributed by atoms with E-state index in [-0.39, 0.29) is 18.1 Å². The Morgan fingerprint density at radius 1 is 1.10 bits per heavy atom. The molecule has 0 aliphatic rings. The van der Waals surface area contributed by atoms with Gasteiger partial charge in [0.05, 0.1) is 23.0 Å². The molecule has 0 saturated carbocycles. The van der Waals surface area contributed by atoms with Gasteiger partial charge in [0.15, 0.2) is 5.78 Å². The number of rotatable bonds is 8. The number of thiazole rings is 1. The quantitative estimate of drug-likeness (QED) is 0.403. The monoisotopic (exact) mass is 434 g/mol. The average Bonchev–Trinajstić information content (AvgIpc) is 3.36. The van der Waals surface area contributed by atoms with Gasteiger partial charge < -0.3 is 10.1 Å². The zero-order valence-corrected chi connectivity index (χ0v) is 18.1. The fourth-order valence-electron chi connectivity index (χ4n) is 3.23. The highest BCUT2D eigenvalue weighted by atomic mass is 32.1. The molecule has 0 aliphatic carbocycles. The fourth-order valence-corrected chi connectivity index (χ4v) is 4.19. The van der Waals surface area contributed by atoms with E-state index in [1.165, 1.54) is 11.3 Å². The minimum atomic E-state index is -0.162. The maximum atomic E-state index is 12.5. The number of ether oxygens (including phenoxy) is 1. The molecule has 1 amide bonds. The first-order valence-corrected chi connectivity index (χ1v) is 10.7. The highest BCUT2D eigenvalue weighted by Crippen LogP contribution is 2.30. The molecule has 8 heteroatoms. The topological polar surface area (TPSA) is 86.1 Å².